The molecule has 1 atom stereocenters. The Morgan fingerprint density at radius 3 is 2.62 bits per heavy atom. The van der Waals surface area contributed by atoms with Crippen LogP contribution in [-0.2, 0) is 9.53 Å². The van der Waals surface area contributed by atoms with E-state index in [-0.39, 0.29) is 12.0 Å². The summed E-state index contributed by atoms with van der Waals surface area (Å²) < 4.78 is 5.22. The van der Waals surface area contributed by atoms with Crippen molar-refractivity contribution in [1.29, 1.82) is 0 Å². The summed E-state index contributed by atoms with van der Waals surface area (Å²) in [7, 11) is 0. The molecule has 4 nitrogen and oxygen atoms in total. The van der Waals surface area contributed by atoms with Gasteiger partial charge in [0.1, 0.15) is 0 Å². The van der Waals surface area contributed by atoms with E-state index in [1.807, 2.05) is 37.3 Å². The van der Waals surface area contributed by atoms with Gasteiger partial charge in [-0.2, -0.15) is 0 Å². The highest BCUT2D eigenvalue weighted by molar-refractivity contribution is 7.80. The first-order valence-electron chi connectivity index (χ1n) is 7.20. The third-order valence-electron chi connectivity index (χ3n) is 3.28. The molecule has 0 spiro atoms. The maximum Gasteiger partial charge on any atom is 0.338 e. The number of hydrogen-bond donors (Lipinski definition) is 2. The molecule has 0 aliphatic carbocycles. The molecule has 0 bridgehead atoms. The van der Waals surface area contributed by atoms with E-state index in [1.54, 1.807) is 0 Å². The molecule has 0 amide bonds. The Kier molecular flexibility index (Phi) is 5.33. The lowest BCUT2D eigenvalue weighted by Crippen LogP contribution is -2.45. The molecule has 0 radical (unpaired) electrons. The quantitative estimate of drug-likeness (QED) is 0.647. The van der Waals surface area contributed by atoms with Gasteiger partial charge in [-0.15, -0.1) is 0 Å². The summed E-state index contributed by atoms with van der Waals surface area (Å²) in [5.74, 6) is -0.294. The number of carbonyl (C=O) groups excluding carboxylic acids is 1. The summed E-state index contributed by atoms with van der Waals surface area (Å²) in [4.78, 5) is 12.4. The van der Waals surface area contributed by atoms with Crippen LogP contribution in [0, 0.1) is 0 Å². The first-order valence-corrected chi connectivity index (χ1v) is 7.60. The third kappa shape index (κ3) is 3.61. The molecule has 0 saturated heterocycles. The van der Waals surface area contributed by atoms with E-state index in [0.29, 0.717) is 17.3 Å². The van der Waals surface area contributed by atoms with E-state index in [9.17, 15) is 4.79 Å². The van der Waals surface area contributed by atoms with E-state index in [2.05, 4.69) is 17.6 Å². The average molecular weight is 304 g/mol. The van der Waals surface area contributed by atoms with Gasteiger partial charge in [0.25, 0.3) is 0 Å². The predicted molar refractivity (Wildman–Crippen MR) is 86.6 cm³/mol. The van der Waals surface area contributed by atoms with Crippen LogP contribution < -0.4 is 10.6 Å². The minimum absolute atomic E-state index is 0.263. The van der Waals surface area contributed by atoms with Gasteiger partial charge in [0, 0.05) is 5.70 Å². The van der Waals surface area contributed by atoms with Crippen molar-refractivity contribution in [2.45, 2.75) is 32.7 Å². The van der Waals surface area contributed by atoms with Crippen molar-refractivity contribution < 1.29 is 9.53 Å². The fourth-order valence-corrected chi connectivity index (χ4v) is 2.65. The lowest BCUT2D eigenvalue weighted by molar-refractivity contribution is -0.139. The van der Waals surface area contributed by atoms with Crippen LogP contribution in [0.5, 0.6) is 0 Å². The smallest absolute Gasteiger partial charge is 0.338 e. The van der Waals surface area contributed by atoms with Crippen LogP contribution in [0.2, 0.25) is 0 Å². The first-order chi connectivity index (χ1) is 10.2. The Balaban J connectivity index is 2.46. The summed E-state index contributed by atoms with van der Waals surface area (Å²) in [5, 5.41) is 6.82. The molecule has 2 N–H and O–H groups in total. The van der Waals surface area contributed by atoms with Gasteiger partial charge in [-0.3, -0.25) is 0 Å². The Morgan fingerprint density at radius 1 is 1.29 bits per heavy atom. The maximum absolute atomic E-state index is 12.4. The van der Waals surface area contributed by atoms with Crippen molar-refractivity contribution in [3.63, 3.8) is 0 Å². The number of esters is 1. The Bertz CT molecular complexity index is 555. The SMILES string of the molecule is CCCC1=C(C(=O)OCC)[C@H](c2ccccc2)NC(=S)N1. The topological polar surface area (TPSA) is 50.4 Å². The van der Waals surface area contributed by atoms with Crippen LogP contribution >= 0.6 is 12.2 Å². The van der Waals surface area contributed by atoms with Gasteiger partial charge in [-0.1, -0.05) is 43.7 Å². The number of hydrogen-bond acceptors (Lipinski definition) is 3. The van der Waals surface area contributed by atoms with Gasteiger partial charge in [0.15, 0.2) is 5.11 Å². The van der Waals surface area contributed by atoms with Crippen molar-refractivity contribution in [1.82, 2.24) is 10.6 Å². The van der Waals surface area contributed by atoms with Crippen molar-refractivity contribution in [3.8, 4) is 0 Å². The van der Waals surface area contributed by atoms with Crippen molar-refractivity contribution in [3.05, 3.63) is 47.2 Å². The minimum atomic E-state index is -0.294. The van der Waals surface area contributed by atoms with Crippen molar-refractivity contribution in [2.24, 2.45) is 0 Å². The number of nitrogens with one attached hydrogen (secondary N) is 2. The monoisotopic (exact) mass is 304 g/mol. The average Bonchev–Trinajstić information content (AvgIpc) is 2.48. The van der Waals surface area contributed by atoms with Crippen LogP contribution in [0.15, 0.2) is 41.6 Å². The zero-order chi connectivity index (χ0) is 15.2. The predicted octanol–water partition coefficient (Wildman–Crippen LogP) is 2.82. The summed E-state index contributed by atoms with van der Waals surface area (Å²) in [5.41, 5.74) is 2.48. The first kappa shape index (κ1) is 15.5. The van der Waals surface area contributed by atoms with E-state index >= 15 is 0 Å². The van der Waals surface area contributed by atoms with Crippen molar-refractivity contribution in [2.75, 3.05) is 6.61 Å². The third-order valence-corrected chi connectivity index (χ3v) is 3.50. The molecule has 1 heterocycles. The summed E-state index contributed by atoms with van der Waals surface area (Å²) in [6, 6.07) is 9.54. The van der Waals surface area contributed by atoms with Gasteiger partial charge in [0.05, 0.1) is 18.2 Å². The molecule has 0 unspecified atom stereocenters. The van der Waals surface area contributed by atoms with Crippen LogP contribution in [0.1, 0.15) is 38.3 Å². The molecule has 0 fully saturated rings. The molecule has 1 aromatic rings. The highest BCUT2D eigenvalue weighted by atomic mass is 32.1. The largest absolute Gasteiger partial charge is 0.463 e. The van der Waals surface area contributed by atoms with Crippen LogP contribution in [0.4, 0.5) is 0 Å². The second-order valence-corrected chi connectivity index (χ2v) is 5.21. The number of benzene rings is 1. The Labute approximate surface area is 130 Å². The van der Waals surface area contributed by atoms with E-state index in [4.69, 9.17) is 17.0 Å². The second-order valence-electron chi connectivity index (χ2n) is 4.80. The van der Waals surface area contributed by atoms with Gasteiger partial charge in [0.2, 0.25) is 0 Å². The fraction of sp³-hybridized carbons (Fsp3) is 0.375. The van der Waals surface area contributed by atoms with Gasteiger partial charge < -0.3 is 15.4 Å². The summed E-state index contributed by atoms with van der Waals surface area (Å²) in [6.07, 6.45) is 1.69. The Morgan fingerprint density at radius 2 is 2.00 bits per heavy atom. The summed E-state index contributed by atoms with van der Waals surface area (Å²) in [6.45, 7) is 4.23. The number of allylic oxidation sites excluding steroid dienone is 1. The molecular formula is C16H20N2O2S. The molecule has 112 valence electrons. The molecule has 5 heteroatoms. The molecule has 0 saturated carbocycles. The zero-order valence-electron chi connectivity index (χ0n) is 12.3. The highest BCUT2D eigenvalue weighted by Gasteiger charge is 2.31. The fourth-order valence-electron chi connectivity index (χ4n) is 2.41. The standard InChI is InChI=1S/C16H20N2O2S/c1-3-8-12-13(15(19)20-4-2)14(18-16(21)17-12)11-9-6-5-7-10-11/h5-7,9-10,14H,3-4,8H2,1-2H3,(H2,17,18,21)/t14-/m0/s1. The summed E-state index contributed by atoms with van der Waals surface area (Å²) >= 11 is 5.27. The van der Waals surface area contributed by atoms with E-state index < -0.39 is 0 Å². The van der Waals surface area contributed by atoms with Gasteiger partial charge in [-0.25, -0.2) is 4.79 Å². The van der Waals surface area contributed by atoms with Crippen LogP contribution in [0.25, 0.3) is 0 Å². The molecular weight excluding hydrogens is 284 g/mol. The van der Waals surface area contributed by atoms with Gasteiger partial charge in [-0.05, 0) is 31.1 Å². The van der Waals surface area contributed by atoms with Gasteiger partial charge >= 0.3 is 5.97 Å². The lowest BCUT2D eigenvalue weighted by atomic mass is 9.94. The number of carbonyl (C=O) groups is 1. The molecule has 1 aliphatic rings. The van der Waals surface area contributed by atoms with E-state index in [0.717, 1.165) is 24.1 Å². The number of rotatable bonds is 5. The molecule has 2 rings (SSSR count). The Hall–Kier alpha value is -1.88. The number of ether oxygens (including phenoxy) is 1. The second kappa shape index (κ2) is 7.22. The molecule has 0 aromatic heterocycles. The van der Waals surface area contributed by atoms with Crippen molar-refractivity contribution >= 4 is 23.3 Å². The molecule has 1 aliphatic heterocycles. The lowest BCUT2D eigenvalue weighted by Gasteiger charge is -2.31. The van der Waals surface area contributed by atoms with Crippen LogP contribution in [-0.4, -0.2) is 17.7 Å². The maximum atomic E-state index is 12.4. The zero-order valence-corrected chi connectivity index (χ0v) is 13.1. The van der Waals surface area contributed by atoms with E-state index in [1.165, 1.54) is 0 Å². The minimum Gasteiger partial charge on any atom is -0.463 e. The van der Waals surface area contributed by atoms with Crippen LogP contribution in [0.3, 0.4) is 0 Å². The normalized spacial score (nSPS) is 18.0. The molecule has 1 aromatic carbocycles. The number of thiocarbonyl (C=S) groups is 1. The highest BCUT2D eigenvalue weighted by Crippen LogP contribution is 2.29. The molecule has 21 heavy (non-hydrogen) atoms.